The van der Waals surface area contributed by atoms with Crippen molar-refractivity contribution in [3.8, 4) is 0 Å². The molecular weight excluding hydrogens is 269 g/mol. The molecule has 1 atom stereocenters. The van der Waals surface area contributed by atoms with Crippen molar-refractivity contribution in [1.82, 2.24) is 9.88 Å². The molecule has 118 valence electrons. The molecule has 1 aromatic heterocycles. The van der Waals surface area contributed by atoms with Crippen molar-refractivity contribution >= 4 is 11.7 Å². The fourth-order valence-corrected chi connectivity index (χ4v) is 2.02. The quantitative estimate of drug-likeness (QED) is 0.797. The van der Waals surface area contributed by atoms with Crippen LogP contribution in [0.1, 0.15) is 50.9 Å². The van der Waals surface area contributed by atoms with Gasteiger partial charge in [-0.25, -0.2) is 9.37 Å². The van der Waals surface area contributed by atoms with Gasteiger partial charge >= 0.3 is 0 Å². The molecular formula is C16H26FN3O. The summed E-state index contributed by atoms with van der Waals surface area (Å²) in [4.78, 5) is 18.4. The van der Waals surface area contributed by atoms with E-state index in [0.717, 1.165) is 19.0 Å². The summed E-state index contributed by atoms with van der Waals surface area (Å²) in [6.07, 6.45) is 3.06. The van der Waals surface area contributed by atoms with E-state index in [0.29, 0.717) is 36.9 Å². The van der Waals surface area contributed by atoms with E-state index in [9.17, 15) is 9.18 Å². The summed E-state index contributed by atoms with van der Waals surface area (Å²) in [7, 11) is 0. The number of pyridine rings is 1. The molecule has 4 nitrogen and oxygen atoms in total. The molecule has 0 aromatic carbocycles. The Morgan fingerprint density at radius 1 is 1.43 bits per heavy atom. The maximum Gasteiger partial charge on any atom is 0.257 e. The van der Waals surface area contributed by atoms with Crippen LogP contribution >= 0.6 is 0 Å². The second kappa shape index (κ2) is 8.60. The highest BCUT2D eigenvalue weighted by molar-refractivity contribution is 5.98. The SMILES string of the molecule is CCCNc1ncc(F)cc1C(=O)N(CC)CC(C)CC. The van der Waals surface area contributed by atoms with Crippen LogP contribution in [-0.4, -0.2) is 35.4 Å². The first-order valence-corrected chi connectivity index (χ1v) is 7.72. The van der Waals surface area contributed by atoms with E-state index in [4.69, 9.17) is 0 Å². The minimum Gasteiger partial charge on any atom is -0.369 e. The molecule has 1 amide bonds. The van der Waals surface area contributed by atoms with Gasteiger partial charge in [0.1, 0.15) is 11.6 Å². The highest BCUT2D eigenvalue weighted by Gasteiger charge is 2.20. The number of rotatable bonds is 8. The number of halogens is 1. The maximum atomic E-state index is 13.5. The number of hydrogen-bond acceptors (Lipinski definition) is 3. The van der Waals surface area contributed by atoms with E-state index in [1.54, 1.807) is 4.90 Å². The Kier molecular flexibility index (Phi) is 7.12. The maximum absolute atomic E-state index is 13.5. The van der Waals surface area contributed by atoms with E-state index < -0.39 is 5.82 Å². The largest absolute Gasteiger partial charge is 0.369 e. The van der Waals surface area contributed by atoms with Gasteiger partial charge in [-0.15, -0.1) is 0 Å². The Labute approximate surface area is 126 Å². The molecule has 0 aliphatic carbocycles. The molecule has 1 heterocycles. The lowest BCUT2D eigenvalue weighted by Crippen LogP contribution is -2.35. The third-order valence-corrected chi connectivity index (χ3v) is 3.53. The number of nitrogens with one attached hydrogen (secondary N) is 1. The van der Waals surface area contributed by atoms with Crippen LogP contribution in [0.5, 0.6) is 0 Å². The number of amides is 1. The molecule has 0 saturated heterocycles. The van der Waals surface area contributed by atoms with Gasteiger partial charge in [0.15, 0.2) is 0 Å². The van der Waals surface area contributed by atoms with Crippen molar-refractivity contribution in [3.05, 3.63) is 23.6 Å². The molecule has 0 fully saturated rings. The molecule has 0 bridgehead atoms. The summed E-state index contributed by atoms with van der Waals surface area (Å²) in [6, 6.07) is 1.27. The zero-order valence-corrected chi connectivity index (χ0v) is 13.4. The van der Waals surface area contributed by atoms with Crippen LogP contribution in [0.25, 0.3) is 0 Å². The molecule has 0 aliphatic rings. The Morgan fingerprint density at radius 3 is 2.71 bits per heavy atom. The van der Waals surface area contributed by atoms with Gasteiger partial charge in [-0.05, 0) is 25.3 Å². The van der Waals surface area contributed by atoms with Gasteiger partial charge in [0, 0.05) is 19.6 Å². The number of nitrogens with zero attached hydrogens (tertiary/aromatic N) is 2. The Morgan fingerprint density at radius 2 is 2.14 bits per heavy atom. The second-order valence-corrected chi connectivity index (χ2v) is 5.33. The van der Waals surface area contributed by atoms with Gasteiger partial charge in [0.2, 0.25) is 0 Å². The molecule has 0 spiro atoms. The van der Waals surface area contributed by atoms with Crippen LogP contribution in [0.2, 0.25) is 0 Å². The van der Waals surface area contributed by atoms with Crippen molar-refractivity contribution in [3.63, 3.8) is 0 Å². The minimum atomic E-state index is -0.486. The van der Waals surface area contributed by atoms with E-state index >= 15 is 0 Å². The monoisotopic (exact) mass is 295 g/mol. The standard InChI is InChI=1S/C16H26FN3O/c1-5-8-18-15-14(9-13(17)10-19-15)16(21)20(7-3)11-12(4)6-2/h9-10,12H,5-8,11H2,1-4H3,(H,18,19). The predicted molar refractivity (Wildman–Crippen MR) is 84.0 cm³/mol. The first-order chi connectivity index (χ1) is 10.0. The number of anilines is 1. The molecule has 0 radical (unpaired) electrons. The number of carbonyl (C=O) groups is 1. The summed E-state index contributed by atoms with van der Waals surface area (Å²) in [5.74, 6) is 0.233. The van der Waals surface area contributed by atoms with E-state index in [2.05, 4.69) is 24.1 Å². The van der Waals surface area contributed by atoms with Gasteiger partial charge in [-0.2, -0.15) is 0 Å². The van der Waals surface area contributed by atoms with Crippen LogP contribution in [0.15, 0.2) is 12.3 Å². The summed E-state index contributed by atoms with van der Waals surface area (Å²) >= 11 is 0. The topological polar surface area (TPSA) is 45.2 Å². The first-order valence-electron chi connectivity index (χ1n) is 7.72. The van der Waals surface area contributed by atoms with Crippen molar-refractivity contribution in [2.45, 2.75) is 40.5 Å². The van der Waals surface area contributed by atoms with Crippen molar-refractivity contribution in [1.29, 1.82) is 0 Å². The molecule has 0 aliphatic heterocycles. The first kappa shape index (κ1) is 17.4. The molecule has 1 unspecified atom stereocenters. The molecule has 5 heteroatoms. The lowest BCUT2D eigenvalue weighted by atomic mass is 10.1. The Hall–Kier alpha value is -1.65. The fraction of sp³-hybridized carbons (Fsp3) is 0.625. The molecule has 1 rings (SSSR count). The zero-order chi connectivity index (χ0) is 15.8. The number of carbonyl (C=O) groups excluding carboxylic acids is 1. The van der Waals surface area contributed by atoms with Crippen LogP contribution in [0.4, 0.5) is 10.2 Å². The zero-order valence-electron chi connectivity index (χ0n) is 13.4. The van der Waals surface area contributed by atoms with Crippen molar-refractivity contribution in [2.75, 3.05) is 25.0 Å². The van der Waals surface area contributed by atoms with Crippen LogP contribution in [0.3, 0.4) is 0 Å². The molecule has 21 heavy (non-hydrogen) atoms. The van der Waals surface area contributed by atoms with Gasteiger partial charge in [-0.1, -0.05) is 27.2 Å². The van der Waals surface area contributed by atoms with Gasteiger partial charge in [0.05, 0.1) is 11.8 Å². The summed E-state index contributed by atoms with van der Waals surface area (Å²) < 4.78 is 13.5. The molecule has 1 N–H and O–H groups in total. The summed E-state index contributed by atoms with van der Waals surface area (Å²) in [5.41, 5.74) is 0.314. The van der Waals surface area contributed by atoms with E-state index in [-0.39, 0.29) is 5.91 Å². The van der Waals surface area contributed by atoms with Gasteiger partial charge < -0.3 is 10.2 Å². The smallest absolute Gasteiger partial charge is 0.257 e. The molecule has 0 saturated carbocycles. The van der Waals surface area contributed by atoms with Crippen LogP contribution in [0, 0.1) is 11.7 Å². The highest BCUT2D eigenvalue weighted by Crippen LogP contribution is 2.17. The van der Waals surface area contributed by atoms with Gasteiger partial charge in [0.25, 0.3) is 5.91 Å². The summed E-state index contributed by atoms with van der Waals surface area (Å²) in [5, 5.41) is 3.09. The minimum absolute atomic E-state index is 0.164. The normalized spacial score (nSPS) is 12.0. The summed E-state index contributed by atoms with van der Waals surface area (Å²) in [6.45, 7) is 10.2. The lowest BCUT2D eigenvalue weighted by molar-refractivity contribution is 0.0741. The van der Waals surface area contributed by atoms with E-state index in [1.807, 2.05) is 13.8 Å². The van der Waals surface area contributed by atoms with Crippen LogP contribution in [-0.2, 0) is 0 Å². The predicted octanol–water partition coefficient (Wildman–Crippen LogP) is 3.55. The Balaban J connectivity index is 2.99. The van der Waals surface area contributed by atoms with Crippen molar-refractivity contribution in [2.24, 2.45) is 5.92 Å². The number of hydrogen-bond donors (Lipinski definition) is 1. The number of aromatic nitrogens is 1. The van der Waals surface area contributed by atoms with Crippen molar-refractivity contribution < 1.29 is 9.18 Å². The average Bonchev–Trinajstić information content (AvgIpc) is 2.50. The third kappa shape index (κ3) is 4.99. The Bertz CT molecular complexity index is 465. The fourth-order valence-electron chi connectivity index (χ4n) is 2.02. The second-order valence-electron chi connectivity index (χ2n) is 5.33. The van der Waals surface area contributed by atoms with E-state index in [1.165, 1.54) is 6.07 Å². The van der Waals surface area contributed by atoms with Gasteiger partial charge in [-0.3, -0.25) is 4.79 Å². The third-order valence-electron chi connectivity index (χ3n) is 3.53. The highest BCUT2D eigenvalue weighted by atomic mass is 19.1. The lowest BCUT2D eigenvalue weighted by Gasteiger charge is -2.25. The molecule has 1 aromatic rings. The van der Waals surface area contributed by atoms with Crippen LogP contribution < -0.4 is 5.32 Å². The average molecular weight is 295 g/mol.